The molecule has 0 saturated heterocycles. The lowest BCUT2D eigenvalue weighted by atomic mass is 9.97. The molecule has 0 saturated carbocycles. The Hall–Kier alpha value is -3.87. The van der Waals surface area contributed by atoms with E-state index in [4.69, 9.17) is 4.74 Å². The van der Waals surface area contributed by atoms with Gasteiger partial charge in [-0.25, -0.2) is 5.10 Å². The standard InChI is InChI=1S/C20H14N4O3/c1-12(25)27-20-18-16(19(26)23-24-20)15(13-8-4-2-5-9-13)17(21-22-18)14-10-6-3-7-11-14/h2-11H,1H3,(H,23,26). The molecule has 4 aromatic rings. The molecule has 0 atom stereocenters. The number of ether oxygens (including phenoxy) is 1. The third-order valence-electron chi connectivity index (χ3n) is 4.01. The molecule has 0 aliphatic heterocycles. The van der Waals surface area contributed by atoms with Crippen molar-refractivity contribution >= 4 is 16.9 Å². The number of rotatable bonds is 3. The molecule has 27 heavy (non-hydrogen) atoms. The zero-order valence-electron chi connectivity index (χ0n) is 14.3. The van der Waals surface area contributed by atoms with Crippen molar-refractivity contribution in [1.29, 1.82) is 0 Å². The summed E-state index contributed by atoms with van der Waals surface area (Å²) < 4.78 is 5.10. The van der Waals surface area contributed by atoms with Gasteiger partial charge in [0.25, 0.3) is 11.4 Å². The van der Waals surface area contributed by atoms with Crippen LogP contribution in [0.15, 0.2) is 65.5 Å². The molecule has 0 spiro atoms. The van der Waals surface area contributed by atoms with Gasteiger partial charge in [0.15, 0.2) is 5.52 Å². The molecule has 0 radical (unpaired) electrons. The Balaban J connectivity index is 2.13. The van der Waals surface area contributed by atoms with Gasteiger partial charge < -0.3 is 4.74 Å². The number of esters is 1. The maximum Gasteiger partial charge on any atom is 0.309 e. The van der Waals surface area contributed by atoms with Crippen molar-refractivity contribution < 1.29 is 9.53 Å². The van der Waals surface area contributed by atoms with E-state index in [1.807, 2.05) is 60.7 Å². The quantitative estimate of drug-likeness (QED) is 0.566. The van der Waals surface area contributed by atoms with Gasteiger partial charge in [0.2, 0.25) is 0 Å². The highest BCUT2D eigenvalue weighted by Gasteiger charge is 2.21. The van der Waals surface area contributed by atoms with Crippen LogP contribution in [0.3, 0.4) is 0 Å². The van der Waals surface area contributed by atoms with E-state index in [1.165, 1.54) is 6.92 Å². The van der Waals surface area contributed by atoms with Crippen LogP contribution in [0.2, 0.25) is 0 Å². The lowest BCUT2D eigenvalue weighted by Crippen LogP contribution is -2.15. The zero-order valence-corrected chi connectivity index (χ0v) is 14.3. The Morgan fingerprint density at radius 1 is 0.926 bits per heavy atom. The number of nitrogens with zero attached hydrogens (tertiary/aromatic N) is 3. The molecule has 0 aliphatic carbocycles. The van der Waals surface area contributed by atoms with E-state index in [2.05, 4.69) is 20.4 Å². The van der Waals surface area contributed by atoms with Gasteiger partial charge in [-0.05, 0) is 5.56 Å². The average Bonchev–Trinajstić information content (AvgIpc) is 2.70. The normalized spacial score (nSPS) is 10.7. The van der Waals surface area contributed by atoms with Crippen molar-refractivity contribution in [2.75, 3.05) is 0 Å². The number of fused-ring (bicyclic) bond motifs is 1. The first-order valence-corrected chi connectivity index (χ1v) is 8.23. The Morgan fingerprint density at radius 2 is 1.56 bits per heavy atom. The van der Waals surface area contributed by atoms with Crippen molar-refractivity contribution in [3.63, 3.8) is 0 Å². The summed E-state index contributed by atoms with van der Waals surface area (Å²) in [6.45, 7) is 1.25. The van der Waals surface area contributed by atoms with Crippen molar-refractivity contribution in [2.45, 2.75) is 6.92 Å². The smallest absolute Gasteiger partial charge is 0.309 e. The molecule has 1 N–H and O–H groups in total. The molecule has 7 nitrogen and oxygen atoms in total. The molecule has 2 aromatic carbocycles. The molecule has 0 bridgehead atoms. The number of carbonyl (C=O) groups excluding carboxylic acids is 1. The van der Waals surface area contributed by atoms with Gasteiger partial charge >= 0.3 is 5.97 Å². The monoisotopic (exact) mass is 358 g/mol. The largest absolute Gasteiger partial charge is 0.404 e. The van der Waals surface area contributed by atoms with Gasteiger partial charge in [0.05, 0.1) is 5.39 Å². The number of hydrogen-bond donors (Lipinski definition) is 1. The summed E-state index contributed by atoms with van der Waals surface area (Å²) in [5.41, 5.74) is 2.46. The lowest BCUT2D eigenvalue weighted by molar-refractivity contribution is -0.132. The van der Waals surface area contributed by atoms with Crippen LogP contribution in [-0.4, -0.2) is 26.4 Å². The predicted octanol–water partition coefficient (Wildman–Crippen LogP) is 2.97. The molecular weight excluding hydrogens is 344 g/mol. The van der Waals surface area contributed by atoms with Crippen molar-refractivity contribution in [3.05, 3.63) is 71.0 Å². The summed E-state index contributed by atoms with van der Waals surface area (Å²) in [6, 6.07) is 18.9. The number of nitrogens with one attached hydrogen (secondary N) is 1. The average molecular weight is 358 g/mol. The molecule has 4 rings (SSSR count). The van der Waals surface area contributed by atoms with Crippen LogP contribution in [0.4, 0.5) is 0 Å². The van der Waals surface area contributed by atoms with Crippen LogP contribution >= 0.6 is 0 Å². The van der Waals surface area contributed by atoms with Gasteiger partial charge in [-0.15, -0.1) is 15.3 Å². The molecule has 0 amide bonds. The van der Waals surface area contributed by atoms with Crippen LogP contribution in [0.5, 0.6) is 5.88 Å². The fourth-order valence-corrected chi connectivity index (χ4v) is 2.91. The molecule has 0 unspecified atom stereocenters. The molecule has 132 valence electrons. The van der Waals surface area contributed by atoms with E-state index in [1.54, 1.807) is 0 Å². The van der Waals surface area contributed by atoms with Gasteiger partial charge in [-0.2, -0.15) is 0 Å². The zero-order chi connectivity index (χ0) is 18.8. The van der Waals surface area contributed by atoms with Gasteiger partial charge in [-0.1, -0.05) is 60.7 Å². The van der Waals surface area contributed by atoms with E-state index in [-0.39, 0.29) is 16.8 Å². The minimum atomic E-state index is -0.564. The summed E-state index contributed by atoms with van der Waals surface area (Å²) >= 11 is 0. The van der Waals surface area contributed by atoms with E-state index >= 15 is 0 Å². The van der Waals surface area contributed by atoms with E-state index < -0.39 is 11.5 Å². The Kier molecular flexibility index (Phi) is 4.18. The van der Waals surface area contributed by atoms with Crippen molar-refractivity contribution in [1.82, 2.24) is 20.4 Å². The Bertz CT molecular complexity index is 1190. The number of H-pyrrole nitrogens is 1. The SMILES string of the molecule is CC(=O)Oc1n[nH]c(=O)c2c(-c3ccccc3)c(-c3ccccc3)nnc12. The number of benzene rings is 2. The third-order valence-corrected chi connectivity index (χ3v) is 4.01. The first-order valence-electron chi connectivity index (χ1n) is 8.23. The first-order chi connectivity index (χ1) is 13.1. The van der Waals surface area contributed by atoms with E-state index in [0.29, 0.717) is 11.3 Å². The number of hydrogen-bond acceptors (Lipinski definition) is 6. The molecule has 0 aliphatic rings. The molecule has 2 heterocycles. The van der Waals surface area contributed by atoms with Gasteiger partial charge in [0.1, 0.15) is 5.69 Å². The van der Waals surface area contributed by atoms with Crippen LogP contribution in [0.25, 0.3) is 33.3 Å². The molecule has 7 heteroatoms. The second-order valence-electron chi connectivity index (χ2n) is 5.83. The Labute approximate surface area is 153 Å². The summed E-state index contributed by atoms with van der Waals surface area (Å²) in [4.78, 5) is 24.1. The highest BCUT2D eigenvalue weighted by atomic mass is 16.5. The second kappa shape index (κ2) is 6.80. The highest BCUT2D eigenvalue weighted by molar-refractivity contribution is 6.01. The van der Waals surface area contributed by atoms with E-state index in [0.717, 1.165) is 11.1 Å². The second-order valence-corrected chi connectivity index (χ2v) is 5.83. The molecule has 0 fully saturated rings. The maximum absolute atomic E-state index is 12.7. The summed E-state index contributed by atoms with van der Waals surface area (Å²) in [5, 5.41) is 14.9. The summed E-state index contributed by atoms with van der Waals surface area (Å²) in [6.07, 6.45) is 0. The molecule has 2 aromatic heterocycles. The summed E-state index contributed by atoms with van der Waals surface area (Å²) in [5.74, 6) is -0.646. The van der Waals surface area contributed by atoms with Crippen molar-refractivity contribution in [3.8, 4) is 28.3 Å². The predicted molar refractivity (Wildman–Crippen MR) is 100 cm³/mol. The molecular formula is C20H14N4O3. The minimum Gasteiger partial charge on any atom is -0.404 e. The van der Waals surface area contributed by atoms with E-state index in [9.17, 15) is 9.59 Å². The van der Waals surface area contributed by atoms with Crippen LogP contribution in [-0.2, 0) is 4.79 Å². The third kappa shape index (κ3) is 3.06. The fraction of sp³-hybridized carbons (Fsp3) is 0.0500. The topological polar surface area (TPSA) is 97.8 Å². The minimum absolute atomic E-state index is 0.0820. The van der Waals surface area contributed by atoms with Gasteiger partial charge in [-0.3, -0.25) is 9.59 Å². The van der Waals surface area contributed by atoms with Crippen LogP contribution in [0.1, 0.15) is 6.92 Å². The fourth-order valence-electron chi connectivity index (χ4n) is 2.91. The highest BCUT2D eigenvalue weighted by Crippen LogP contribution is 2.35. The van der Waals surface area contributed by atoms with Crippen LogP contribution < -0.4 is 10.3 Å². The number of aromatic amines is 1. The summed E-state index contributed by atoms with van der Waals surface area (Å²) in [7, 11) is 0. The Morgan fingerprint density at radius 3 is 2.19 bits per heavy atom. The maximum atomic E-state index is 12.7. The first kappa shape index (κ1) is 16.6. The van der Waals surface area contributed by atoms with Gasteiger partial charge in [0, 0.05) is 18.1 Å². The number of carbonyl (C=O) groups is 1. The van der Waals surface area contributed by atoms with Crippen molar-refractivity contribution in [2.24, 2.45) is 0 Å². The number of aromatic nitrogens is 4. The van der Waals surface area contributed by atoms with Crippen LogP contribution in [0, 0.1) is 0 Å². The lowest BCUT2D eigenvalue weighted by Gasteiger charge is -2.12.